The van der Waals surface area contributed by atoms with Gasteiger partial charge in [-0.25, -0.2) is 0 Å². The molecule has 0 fully saturated rings. The number of aryl methyl sites for hydroxylation is 1. The maximum absolute atomic E-state index is 11.8. The van der Waals surface area contributed by atoms with Crippen molar-refractivity contribution in [2.75, 3.05) is 0 Å². The average molecular weight is 447 g/mol. The van der Waals surface area contributed by atoms with Crippen LogP contribution in [0, 0.1) is 6.92 Å². The number of carbonyl (C=O) groups excluding carboxylic acids is 1. The Bertz CT molecular complexity index is 1090. The molecule has 0 heterocycles. The summed E-state index contributed by atoms with van der Waals surface area (Å²) in [5, 5.41) is 2.21. The molecule has 3 heteroatoms. The molecule has 0 aliphatic heterocycles. The topological polar surface area (TPSA) is 26.3 Å². The molecule has 0 aromatic heterocycles. The highest BCUT2D eigenvalue weighted by Gasteiger charge is 2.26. The molecule has 0 N–H and O–H groups in total. The van der Waals surface area contributed by atoms with E-state index in [2.05, 4.69) is 77.9 Å². The van der Waals surface area contributed by atoms with E-state index in [4.69, 9.17) is 4.74 Å². The second-order valence-corrected chi connectivity index (χ2v) is 11.8. The summed E-state index contributed by atoms with van der Waals surface area (Å²) in [4.78, 5) is 11.8. The van der Waals surface area contributed by atoms with Gasteiger partial charge in [0.1, 0.15) is 12.4 Å². The van der Waals surface area contributed by atoms with Gasteiger partial charge >= 0.3 is 0 Å². The third-order valence-electron chi connectivity index (χ3n) is 5.59. The van der Waals surface area contributed by atoms with E-state index in [0.29, 0.717) is 15.2 Å². The normalized spacial score (nSPS) is 12.3. The number of aldehydes is 1. The van der Waals surface area contributed by atoms with Crippen LogP contribution in [0.15, 0.2) is 60.7 Å². The summed E-state index contributed by atoms with van der Waals surface area (Å²) in [5.74, 6) is 0.949. The van der Waals surface area contributed by atoms with E-state index in [1.54, 1.807) is 0 Å². The van der Waals surface area contributed by atoms with E-state index in [0.717, 1.165) is 39.3 Å². The fraction of sp³-hybridized carbons (Fsp3) is 0.345. The molecule has 0 saturated heterocycles. The lowest BCUT2D eigenvalue weighted by Crippen LogP contribution is -2.23. The second-order valence-electron chi connectivity index (χ2n) is 10.5. The Morgan fingerprint density at radius 3 is 2.12 bits per heavy atom. The zero-order chi connectivity index (χ0) is 23.5. The van der Waals surface area contributed by atoms with Crippen LogP contribution in [0.25, 0.3) is 0 Å². The summed E-state index contributed by atoms with van der Waals surface area (Å²) < 4.78 is 6.54. The molecule has 1 atom stereocenters. The smallest absolute Gasteiger partial charge is 0.150 e. The molecular formula is C29H35O2P. The lowest BCUT2D eigenvalue weighted by atomic mass is 9.80. The Morgan fingerprint density at radius 2 is 1.53 bits per heavy atom. The van der Waals surface area contributed by atoms with Crippen molar-refractivity contribution in [2.24, 2.45) is 0 Å². The lowest BCUT2D eigenvalue weighted by Gasteiger charge is -2.29. The predicted octanol–water partition coefficient (Wildman–Crippen LogP) is 6.61. The van der Waals surface area contributed by atoms with Crippen LogP contribution in [0.3, 0.4) is 0 Å². The van der Waals surface area contributed by atoms with Gasteiger partial charge in [0.05, 0.1) is 0 Å². The van der Waals surface area contributed by atoms with Gasteiger partial charge in [0, 0.05) is 16.4 Å². The van der Waals surface area contributed by atoms with Gasteiger partial charge in [0.2, 0.25) is 0 Å². The minimum absolute atomic E-state index is 0.0119. The monoisotopic (exact) mass is 446 g/mol. The van der Waals surface area contributed by atoms with Crippen molar-refractivity contribution in [3.8, 4) is 5.75 Å². The van der Waals surface area contributed by atoms with E-state index in [1.807, 2.05) is 31.2 Å². The van der Waals surface area contributed by atoms with Gasteiger partial charge in [-0.15, -0.1) is 0 Å². The van der Waals surface area contributed by atoms with Crippen molar-refractivity contribution >= 4 is 25.5 Å². The maximum atomic E-state index is 11.8. The van der Waals surface area contributed by atoms with Crippen molar-refractivity contribution in [3.63, 3.8) is 0 Å². The average Bonchev–Trinajstić information content (AvgIpc) is 2.72. The first-order valence-electron chi connectivity index (χ1n) is 11.2. The first kappa shape index (κ1) is 24.2. The highest BCUT2D eigenvalue weighted by atomic mass is 31.1. The van der Waals surface area contributed by atoms with Gasteiger partial charge in [0.15, 0.2) is 6.29 Å². The van der Waals surface area contributed by atoms with Gasteiger partial charge < -0.3 is 4.74 Å². The second kappa shape index (κ2) is 9.59. The van der Waals surface area contributed by atoms with Gasteiger partial charge in [-0.05, 0) is 46.3 Å². The van der Waals surface area contributed by atoms with Crippen LogP contribution in [0.5, 0.6) is 5.75 Å². The standard InChI is InChI=1S/C29H35O2P/c1-20-13-14-25(22(15-20)18-30)32-26-17-23(28(2,3)4)16-24(29(5,6)7)27(26)31-19-21-11-9-8-10-12-21/h8-18,32H,19H2,1-7H3. The van der Waals surface area contributed by atoms with Crippen LogP contribution >= 0.6 is 8.58 Å². The molecule has 0 saturated carbocycles. The van der Waals surface area contributed by atoms with Gasteiger partial charge in [-0.1, -0.05) is 104 Å². The molecule has 0 bridgehead atoms. The Balaban J connectivity index is 2.16. The van der Waals surface area contributed by atoms with Crippen LogP contribution in [-0.4, -0.2) is 6.29 Å². The molecule has 3 rings (SSSR count). The molecule has 32 heavy (non-hydrogen) atoms. The van der Waals surface area contributed by atoms with Crippen LogP contribution < -0.4 is 15.3 Å². The molecule has 3 aromatic rings. The van der Waals surface area contributed by atoms with E-state index < -0.39 is 0 Å². The van der Waals surface area contributed by atoms with Crippen LogP contribution in [0.2, 0.25) is 0 Å². The molecule has 0 amide bonds. The van der Waals surface area contributed by atoms with Gasteiger partial charge in [-0.3, -0.25) is 4.79 Å². The fourth-order valence-corrected chi connectivity index (χ4v) is 4.92. The molecule has 0 aliphatic rings. The first-order valence-corrected chi connectivity index (χ1v) is 12.2. The summed E-state index contributed by atoms with van der Waals surface area (Å²) >= 11 is 0. The molecule has 2 nitrogen and oxygen atoms in total. The van der Waals surface area contributed by atoms with E-state index in [9.17, 15) is 4.79 Å². The lowest BCUT2D eigenvalue weighted by molar-refractivity contribution is 0.112. The van der Waals surface area contributed by atoms with E-state index in [-0.39, 0.29) is 10.8 Å². The van der Waals surface area contributed by atoms with Crippen LogP contribution in [0.4, 0.5) is 0 Å². The summed E-state index contributed by atoms with van der Waals surface area (Å²) in [6.45, 7) is 16.0. The number of benzene rings is 3. The van der Waals surface area contributed by atoms with Gasteiger partial charge in [0.25, 0.3) is 0 Å². The van der Waals surface area contributed by atoms with Crippen molar-refractivity contribution in [2.45, 2.75) is 65.9 Å². The molecule has 1 unspecified atom stereocenters. The zero-order valence-corrected chi connectivity index (χ0v) is 21.4. The largest absolute Gasteiger partial charge is 0.488 e. The van der Waals surface area contributed by atoms with E-state index in [1.165, 1.54) is 11.1 Å². The maximum Gasteiger partial charge on any atom is 0.150 e. The highest BCUT2D eigenvalue weighted by Crippen LogP contribution is 2.37. The molecule has 3 aromatic carbocycles. The SMILES string of the molecule is Cc1ccc(Pc2cc(C(C)(C)C)cc(C(C)(C)C)c2OCc2ccccc2)c(C=O)c1. The minimum Gasteiger partial charge on any atom is -0.488 e. The molecular weight excluding hydrogens is 411 g/mol. The molecule has 0 spiro atoms. The number of rotatable bonds is 6. The van der Waals surface area contributed by atoms with Crippen molar-refractivity contribution in [1.82, 2.24) is 0 Å². The fourth-order valence-electron chi connectivity index (χ4n) is 3.64. The third kappa shape index (κ3) is 5.87. The third-order valence-corrected chi connectivity index (χ3v) is 6.96. The van der Waals surface area contributed by atoms with Crippen LogP contribution in [-0.2, 0) is 17.4 Å². The number of carbonyl (C=O) groups is 1. The van der Waals surface area contributed by atoms with Crippen molar-refractivity contribution in [1.29, 1.82) is 0 Å². The zero-order valence-electron chi connectivity index (χ0n) is 20.4. The summed E-state index contributed by atoms with van der Waals surface area (Å²) in [5.41, 5.74) is 5.44. The van der Waals surface area contributed by atoms with Crippen molar-refractivity contribution < 1.29 is 9.53 Å². The minimum atomic E-state index is -0.0761. The number of hydrogen-bond donors (Lipinski definition) is 0. The summed E-state index contributed by atoms with van der Waals surface area (Å²) in [6, 6.07) is 21.0. The van der Waals surface area contributed by atoms with Crippen LogP contribution in [0.1, 0.15) is 74.2 Å². The first-order chi connectivity index (χ1) is 15.0. The summed E-state index contributed by atoms with van der Waals surface area (Å²) in [7, 11) is 0.340. The Morgan fingerprint density at radius 1 is 0.844 bits per heavy atom. The highest BCUT2D eigenvalue weighted by molar-refractivity contribution is 7.56. The Hall–Kier alpha value is -2.44. The predicted molar refractivity (Wildman–Crippen MR) is 139 cm³/mol. The molecule has 0 aliphatic carbocycles. The van der Waals surface area contributed by atoms with Gasteiger partial charge in [-0.2, -0.15) is 0 Å². The Kier molecular flexibility index (Phi) is 7.25. The number of hydrogen-bond acceptors (Lipinski definition) is 2. The molecule has 0 radical (unpaired) electrons. The quantitative estimate of drug-likeness (QED) is 0.315. The van der Waals surface area contributed by atoms with E-state index >= 15 is 0 Å². The Labute approximate surface area is 195 Å². The van der Waals surface area contributed by atoms with Crippen molar-refractivity contribution in [3.05, 3.63) is 88.5 Å². The molecule has 168 valence electrons. The number of ether oxygens (including phenoxy) is 1. The summed E-state index contributed by atoms with van der Waals surface area (Å²) in [6.07, 6.45) is 0.970.